The minimum atomic E-state index is -0.389. The van der Waals surface area contributed by atoms with Gasteiger partial charge in [-0.2, -0.15) is 10.5 Å². The number of nitrogens with one attached hydrogen (secondary N) is 1. The van der Waals surface area contributed by atoms with Crippen LogP contribution in [0.25, 0.3) is 0 Å². The van der Waals surface area contributed by atoms with Crippen LogP contribution in [0.15, 0.2) is 41.2 Å². The van der Waals surface area contributed by atoms with Crippen LogP contribution in [0.1, 0.15) is 11.1 Å². The Labute approximate surface area is 121 Å². The van der Waals surface area contributed by atoms with E-state index in [1.165, 1.54) is 10.6 Å². The lowest BCUT2D eigenvalue weighted by Crippen LogP contribution is -2.43. The molecule has 0 spiro atoms. The number of para-hydroxylation sites is 1. The summed E-state index contributed by atoms with van der Waals surface area (Å²) >= 11 is 0. The fourth-order valence-electron chi connectivity index (χ4n) is 2.36. The molecule has 0 aliphatic carbocycles. The van der Waals surface area contributed by atoms with Gasteiger partial charge in [-0.15, -0.1) is 0 Å². The van der Waals surface area contributed by atoms with E-state index in [0.29, 0.717) is 24.7 Å². The first-order chi connectivity index (χ1) is 10.2. The van der Waals surface area contributed by atoms with E-state index in [0.717, 1.165) is 5.69 Å². The molecule has 0 unspecified atom stereocenters. The molecule has 102 valence electrons. The molecule has 6 heteroatoms. The molecule has 0 bridgehead atoms. The smallest absolute Gasteiger partial charge is 0.271 e. The third-order valence-corrected chi connectivity index (χ3v) is 3.40. The maximum atomic E-state index is 12.3. The van der Waals surface area contributed by atoms with Gasteiger partial charge in [0.2, 0.25) is 0 Å². The van der Waals surface area contributed by atoms with Crippen molar-refractivity contribution in [2.45, 2.75) is 6.67 Å². The molecule has 0 saturated carbocycles. The maximum Gasteiger partial charge on any atom is 0.271 e. The van der Waals surface area contributed by atoms with Crippen molar-refractivity contribution in [1.82, 2.24) is 4.57 Å². The summed E-state index contributed by atoms with van der Waals surface area (Å²) in [5.74, 6) is 0.466. The summed E-state index contributed by atoms with van der Waals surface area (Å²) in [5.41, 5.74) is 0.855. The lowest BCUT2D eigenvalue weighted by atomic mass is 10.2. The van der Waals surface area contributed by atoms with E-state index < -0.39 is 0 Å². The Bertz CT molecular complexity index is 826. The van der Waals surface area contributed by atoms with E-state index in [1.54, 1.807) is 0 Å². The lowest BCUT2D eigenvalue weighted by Gasteiger charge is -2.33. The number of hydrogen-bond donors (Lipinski definition) is 1. The van der Waals surface area contributed by atoms with Crippen LogP contribution in [0.5, 0.6) is 0 Å². The lowest BCUT2D eigenvalue weighted by molar-refractivity contribution is 0.602. The highest BCUT2D eigenvalue weighted by Crippen LogP contribution is 2.22. The first kappa shape index (κ1) is 12.8. The molecule has 0 fully saturated rings. The zero-order valence-corrected chi connectivity index (χ0v) is 11.1. The molecule has 6 nitrogen and oxygen atoms in total. The highest BCUT2D eigenvalue weighted by Gasteiger charge is 2.21. The van der Waals surface area contributed by atoms with Crippen LogP contribution in [0, 0.1) is 22.7 Å². The zero-order valence-electron chi connectivity index (χ0n) is 11.1. The Hall–Kier alpha value is -3.25. The molecule has 0 saturated heterocycles. The van der Waals surface area contributed by atoms with E-state index in [4.69, 9.17) is 10.5 Å². The molecule has 1 N–H and O–H groups in total. The van der Waals surface area contributed by atoms with Gasteiger partial charge in [-0.25, -0.2) is 0 Å². The molecule has 3 rings (SSSR count). The van der Waals surface area contributed by atoms with Crippen LogP contribution in [-0.4, -0.2) is 11.2 Å². The van der Waals surface area contributed by atoms with E-state index in [2.05, 4.69) is 5.32 Å². The highest BCUT2D eigenvalue weighted by atomic mass is 16.1. The van der Waals surface area contributed by atoms with E-state index >= 15 is 0 Å². The zero-order chi connectivity index (χ0) is 14.8. The van der Waals surface area contributed by atoms with Gasteiger partial charge < -0.3 is 10.2 Å². The summed E-state index contributed by atoms with van der Waals surface area (Å²) in [6.07, 6.45) is 0. The van der Waals surface area contributed by atoms with Crippen molar-refractivity contribution in [2.75, 3.05) is 16.9 Å². The second-order valence-corrected chi connectivity index (χ2v) is 4.63. The Morgan fingerprint density at radius 1 is 1.10 bits per heavy atom. The minimum Gasteiger partial charge on any atom is -0.353 e. The second kappa shape index (κ2) is 5.03. The van der Waals surface area contributed by atoms with Crippen molar-refractivity contribution >= 4 is 11.5 Å². The third kappa shape index (κ3) is 2.09. The van der Waals surface area contributed by atoms with Gasteiger partial charge in [-0.1, -0.05) is 18.2 Å². The Morgan fingerprint density at radius 2 is 1.81 bits per heavy atom. The van der Waals surface area contributed by atoms with Gasteiger partial charge in [-0.3, -0.25) is 9.36 Å². The fraction of sp³-hybridized carbons (Fsp3) is 0.133. The largest absolute Gasteiger partial charge is 0.353 e. The second-order valence-electron chi connectivity index (χ2n) is 4.63. The summed E-state index contributed by atoms with van der Waals surface area (Å²) < 4.78 is 1.42. The van der Waals surface area contributed by atoms with Gasteiger partial charge in [0.25, 0.3) is 5.56 Å². The summed E-state index contributed by atoms with van der Waals surface area (Å²) in [5, 5.41) is 21.3. The summed E-state index contributed by atoms with van der Waals surface area (Å²) in [6, 6.07) is 14.8. The maximum absolute atomic E-state index is 12.3. The normalized spacial score (nSPS) is 12.8. The first-order valence-corrected chi connectivity index (χ1v) is 6.36. The van der Waals surface area contributed by atoms with Crippen molar-refractivity contribution in [1.29, 1.82) is 10.5 Å². The van der Waals surface area contributed by atoms with Gasteiger partial charge in [0.05, 0.1) is 12.2 Å². The Morgan fingerprint density at radius 3 is 2.48 bits per heavy atom. The third-order valence-electron chi connectivity index (χ3n) is 3.40. The molecule has 1 aliphatic heterocycles. The van der Waals surface area contributed by atoms with Crippen LogP contribution in [-0.2, 0) is 6.67 Å². The predicted molar refractivity (Wildman–Crippen MR) is 77.5 cm³/mol. The number of rotatable bonds is 1. The molecule has 0 amide bonds. The van der Waals surface area contributed by atoms with Crippen molar-refractivity contribution in [3.8, 4) is 12.1 Å². The molecule has 0 atom stereocenters. The number of nitriles is 2. The summed E-state index contributed by atoms with van der Waals surface area (Å²) in [6.45, 7) is 0.791. The van der Waals surface area contributed by atoms with Crippen molar-refractivity contribution in [2.24, 2.45) is 0 Å². The van der Waals surface area contributed by atoms with Crippen LogP contribution in [0.3, 0.4) is 0 Å². The van der Waals surface area contributed by atoms with Crippen LogP contribution in [0.2, 0.25) is 0 Å². The van der Waals surface area contributed by atoms with Crippen molar-refractivity contribution < 1.29 is 0 Å². The van der Waals surface area contributed by atoms with Gasteiger partial charge in [0.15, 0.2) is 0 Å². The minimum absolute atomic E-state index is 0.0213. The monoisotopic (exact) mass is 277 g/mol. The average Bonchev–Trinajstić information content (AvgIpc) is 2.56. The van der Waals surface area contributed by atoms with Gasteiger partial charge in [0.1, 0.15) is 30.2 Å². The van der Waals surface area contributed by atoms with E-state index in [-0.39, 0.29) is 11.1 Å². The highest BCUT2D eigenvalue weighted by molar-refractivity contribution is 5.59. The molecular formula is C15H11N5O. The standard InChI is InChI=1S/C15H11N5O/c16-7-11-6-12(8-17)15(21)20-10-19(9-18-14(11)20)13-4-2-1-3-5-13/h1-6,18H,9-10H2. The number of fused-ring (bicyclic) bond motifs is 1. The van der Waals surface area contributed by atoms with Gasteiger partial charge in [-0.05, 0) is 18.2 Å². The number of hydrogen-bond acceptors (Lipinski definition) is 5. The van der Waals surface area contributed by atoms with Gasteiger partial charge in [0, 0.05) is 5.69 Å². The Balaban J connectivity index is 2.09. The quantitative estimate of drug-likeness (QED) is 0.852. The van der Waals surface area contributed by atoms with Gasteiger partial charge >= 0.3 is 0 Å². The number of nitrogens with zero attached hydrogens (tertiary/aromatic N) is 4. The average molecular weight is 277 g/mol. The van der Waals surface area contributed by atoms with Crippen molar-refractivity contribution in [3.63, 3.8) is 0 Å². The summed E-state index contributed by atoms with van der Waals surface area (Å²) in [7, 11) is 0. The van der Waals surface area contributed by atoms with E-state index in [1.807, 2.05) is 47.4 Å². The Kier molecular flexibility index (Phi) is 3.06. The molecule has 2 aromatic rings. The summed E-state index contributed by atoms with van der Waals surface area (Å²) in [4.78, 5) is 14.2. The van der Waals surface area contributed by atoms with Crippen LogP contribution >= 0.6 is 0 Å². The first-order valence-electron chi connectivity index (χ1n) is 6.36. The molecular weight excluding hydrogens is 266 g/mol. The number of anilines is 2. The number of aromatic nitrogens is 1. The number of pyridine rings is 1. The molecule has 2 heterocycles. The SMILES string of the molecule is N#Cc1cc(C#N)c(=O)n2c1NCN(c1ccccc1)C2. The molecule has 1 aliphatic rings. The van der Waals surface area contributed by atoms with Crippen molar-refractivity contribution in [3.05, 3.63) is 57.9 Å². The fourth-order valence-corrected chi connectivity index (χ4v) is 2.36. The molecule has 21 heavy (non-hydrogen) atoms. The topological polar surface area (TPSA) is 84.9 Å². The van der Waals surface area contributed by atoms with Crippen LogP contribution in [0.4, 0.5) is 11.5 Å². The molecule has 0 radical (unpaired) electrons. The molecule has 1 aromatic heterocycles. The van der Waals surface area contributed by atoms with Crippen LogP contribution < -0.4 is 15.8 Å². The predicted octanol–water partition coefficient (Wildman–Crippen LogP) is 1.44. The number of benzene rings is 1. The molecule has 1 aromatic carbocycles. The van der Waals surface area contributed by atoms with E-state index in [9.17, 15) is 4.79 Å².